The van der Waals surface area contributed by atoms with Gasteiger partial charge >= 0.3 is 5.97 Å². The lowest BCUT2D eigenvalue weighted by Gasteiger charge is -2.04. The average molecular weight is 361 g/mol. The Hall–Kier alpha value is -2.41. The molecule has 25 heavy (non-hydrogen) atoms. The molecule has 0 bridgehead atoms. The summed E-state index contributed by atoms with van der Waals surface area (Å²) in [5.41, 5.74) is 4.42. The Morgan fingerprint density at radius 2 is 2.08 bits per heavy atom. The summed E-state index contributed by atoms with van der Waals surface area (Å²) in [6.07, 6.45) is 3.86. The SMILES string of the molecule is CCCCOc1ccc(/C=N\Nc2nc(C)c(C(=O)OCC)s2)cc1. The van der Waals surface area contributed by atoms with E-state index in [1.807, 2.05) is 24.3 Å². The van der Waals surface area contributed by atoms with Crippen LogP contribution in [0.2, 0.25) is 0 Å². The van der Waals surface area contributed by atoms with Crippen molar-refractivity contribution in [1.82, 2.24) is 4.98 Å². The highest BCUT2D eigenvalue weighted by molar-refractivity contribution is 7.17. The smallest absolute Gasteiger partial charge is 0.350 e. The monoisotopic (exact) mass is 361 g/mol. The van der Waals surface area contributed by atoms with Crippen molar-refractivity contribution in [3.8, 4) is 5.75 Å². The summed E-state index contributed by atoms with van der Waals surface area (Å²) in [5.74, 6) is 0.501. The molecule has 1 aromatic carbocycles. The summed E-state index contributed by atoms with van der Waals surface area (Å²) in [7, 11) is 0. The van der Waals surface area contributed by atoms with Gasteiger partial charge in [0.2, 0.25) is 5.13 Å². The lowest BCUT2D eigenvalue weighted by Crippen LogP contribution is -2.03. The van der Waals surface area contributed by atoms with E-state index in [0.29, 0.717) is 22.3 Å². The number of ether oxygens (including phenoxy) is 2. The number of carbonyl (C=O) groups is 1. The maximum atomic E-state index is 11.8. The van der Waals surface area contributed by atoms with Gasteiger partial charge in [-0.3, -0.25) is 5.43 Å². The molecule has 0 aliphatic rings. The summed E-state index contributed by atoms with van der Waals surface area (Å²) < 4.78 is 10.6. The van der Waals surface area contributed by atoms with Gasteiger partial charge in [-0.15, -0.1) is 0 Å². The number of anilines is 1. The average Bonchev–Trinajstić information content (AvgIpc) is 2.97. The van der Waals surface area contributed by atoms with Gasteiger partial charge in [-0.05, 0) is 50.1 Å². The second kappa shape index (κ2) is 9.78. The van der Waals surface area contributed by atoms with E-state index in [9.17, 15) is 4.79 Å². The van der Waals surface area contributed by atoms with Crippen LogP contribution in [0.5, 0.6) is 5.75 Å². The Labute approximate surface area is 151 Å². The van der Waals surface area contributed by atoms with Gasteiger partial charge in [0.15, 0.2) is 0 Å². The van der Waals surface area contributed by atoms with Crippen molar-refractivity contribution in [3.63, 3.8) is 0 Å². The first-order valence-electron chi connectivity index (χ1n) is 8.30. The highest BCUT2D eigenvalue weighted by atomic mass is 32.1. The Bertz CT molecular complexity index is 711. The number of nitrogens with zero attached hydrogens (tertiary/aromatic N) is 2. The second-order valence-corrected chi connectivity index (χ2v) is 6.29. The van der Waals surface area contributed by atoms with Crippen LogP contribution in [0.25, 0.3) is 0 Å². The van der Waals surface area contributed by atoms with Gasteiger partial charge < -0.3 is 9.47 Å². The minimum Gasteiger partial charge on any atom is -0.494 e. The molecule has 0 unspecified atom stereocenters. The van der Waals surface area contributed by atoms with Gasteiger partial charge in [0.25, 0.3) is 0 Å². The van der Waals surface area contributed by atoms with E-state index in [1.165, 1.54) is 11.3 Å². The van der Waals surface area contributed by atoms with Crippen molar-refractivity contribution in [3.05, 3.63) is 40.4 Å². The predicted molar refractivity (Wildman–Crippen MR) is 101 cm³/mol. The minimum absolute atomic E-state index is 0.343. The van der Waals surface area contributed by atoms with E-state index in [4.69, 9.17) is 9.47 Å². The maximum absolute atomic E-state index is 11.8. The lowest BCUT2D eigenvalue weighted by atomic mass is 10.2. The molecule has 0 saturated carbocycles. The van der Waals surface area contributed by atoms with E-state index in [1.54, 1.807) is 20.1 Å². The zero-order chi connectivity index (χ0) is 18.1. The molecular formula is C18H23N3O3S. The summed E-state index contributed by atoms with van der Waals surface area (Å²) in [5, 5.41) is 4.71. The number of unbranched alkanes of at least 4 members (excludes halogenated alkanes) is 1. The van der Waals surface area contributed by atoms with E-state index in [2.05, 4.69) is 22.4 Å². The first kappa shape index (κ1) is 18.9. The molecule has 0 amide bonds. The molecular weight excluding hydrogens is 338 g/mol. The number of carbonyl (C=O) groups excluding carboxylic acids is 1. The first-order valence-corrected chi connectivity index (χ1v) is 9.12. The topological polar surface area (TPSA) is 72.8 Å². The largest absolute Gasteiger partial charge is 0.494 e. The van der Waals surface area contributed by atoms with Crippen LogP contribution in [0.4, 0.5) is 5.13 Å². The molecule has 6 nitrogen and oxygen atoms in total. The van der Waals surface area contributed by atoms with E-state index < -0.39 is 0 Å². The molecule has 0 saturated heterocycles. The zero-order valence-corrected chi connectivity index (χ0v) is 15.6. The van der Waals surface area contributed by atoms with Crippen LogP contribution in [0.3, 0.4) is 0 Å². The minimum atomic E-state index is -0.354. The number of hydrogen-bond donors (Lipinski definition) is 1. The number of thiazole rings is 1. The number of hydrogen-bond acceptors (Lipinski definition) is 7. The first-order chi connectivity index (χ1) is 12.1. The van der Waals surface area contributed by atoms with Crippen molar-refractivity contribution in [2.75, 3.05) is 18.6 Å². The summed E-state index contributed by atoms with van der Waals surface area (Å²) >= 11 is 1.23. The van der Waals surface area contributed by atoms with Gasteiger partial charge in [-0.1, -0.05) is 24.7 Å². The number of esters is 1. The van der Waals surface area contributed by atoms with Crippen molar-refractivity contribution in [2.24, 2.45) is 5.10 Å². The Kier molecular flexibility index (Phi) is 7.40. The van der Waals surface area contributed by atoms with Crippen molar-refractivity contribution in [2.45, 2.75) is 33.6 Å². The molecule has 0 radical (unpaired) electrons. The van der Waals surface area contributed by atoms with Crippen LogP contribution in [0, 0.1) is 6.92 Å². The van der Waals surface area contributed by atoms with Crippen LogP contribution >= 0.6 is 11.3 Å². The molecule has 2 rings (SSSR count). The summed E-state index contributed by atoms with van der Waals surface area (Å²) in [6, 6.07) is 7.71. The van der Waals surface area contributed by atoms with Crippen molar-refractivity contribution in [1.29, 1.82) is 0 Å². The van der Waals surface area contributed by atoms with Crippen LogP contribution in [0.1, 0.15) is 47.6 Å². The van der Waals surface area contributed by atoms with Crippen molar-refractivity contribution < 1.29 is 14.3 Å². The molecule has 1 N–H and O–H groups in total. The Morgan fingerprint density at radius 1 is 1.32 bits per heavy atom. The number of benzene rings is 1. The third-order valence-electron chi connectivity index (χ3n) is 3.28. The highest BCUT2D eigenvalue weighted by Gasteiger charge is 2.15. The fraction of sp³-hybridized carbons (Fsp3) is 0.389. The maximum Gasteiger partial charge on any atom is 0.350 e. The fourth-order valence-corrected chi connectivity index (χ4v) is 2.79. The Morgan fingerprint density at radius 3 is 2.76 bits per heavy atom. The summed E-state index contributed by atoms with van der Waals surface area (Å²) in [4.78, 5) is 16.5. The van der Waals surface area contributed by atoms with Crippen molar-refractivity contribution >= 4 is 28.7 Å². The van der Waals surface area contributed by atoms with E-state index in [0.717, 1.165) is 30.8 Å². The highest BCUT2D eigenvalue weighted by Crippen LogP contribution is 2.23. The molecule has 2 aromatic rings. The molecule has 1 aromatic heterocycles. The molecule has 0 fully saturated rings. The third-order valence-corrected chi connectivity index (χ3v) is 4.32. The van der Waals surface area contributed by atoms with Gasteiger partial charge in [0, 0.05) is 0 Å². The molecule has 0 atom stereocenters. The van der Waals surface area contributed by atoms with E-state index >= 15 is 0 Å². The van der Waals surface area contributed by atoms with E-state index in [-0.39, 0.29) is 5.97 Å². The number of rotatable bonds is 9. The molecule has 1 heterocycles. The lowest BCUT2D eigenvalue weighted by molar-refractivity contribution is 0.0531. The standard InChI is InChI=1S/C18H23N3O3S/c1-4-6-11-24-15-9-7-14(8-10-15)12-19-21-18-20-13(3)16(25-18)17(22)23-5-2/h7-10,12H,4-6,11H2,1-3H3,(H,20,21)/b19-12-. The van der Waals surface area contributed by atoms with Crippen LogP contribution in [-0.2, 0) is 4.74 Å². The number of aromatic nitrogens is 1. The van der Waals surface area contributed by atoms with Gasteiger partial charge in [0.1, 0.15) is 10.6 Å². The Balaban J connectivity index is 1.90. The predicted octanol–water partition coefficient (Wildman–Crippen LogP) is 4.25. The normalized spacial score (nSPS) is 10.8. The number of hydrazone groups is 1. The fourth-order valence-electron chi connectivity index (χ4n) is 1.98. The van der Waals surface area contributed by atoms with Crippen LogP contribution in [-0.4, -0.2) is 30.4 Å². The molecule has 134 valence electrons. The molecule has 0 aliphatic carbocycles. The second-order valence-electron chi connectivity index (χ2n) is 5.30. The third kappa shape index (κ3) is 5.86. The quantitative estimate of drug-likeness (QED) is 0.313. The van der Waals surface area contributed by atoms with Crippen LogP contribution < -0.4 is 10.2 Å². The van der Waals surface area contributed by atoms with Gasteiger partial charge in [0.05, 0.1) is 25.1 Å². The molecule has 0 aliphatic heterocycles. The van der Waals surface area contributed by atoms with Crippen LogP contribution in [0.15, 0.2) is 29.4 Å². The molecule has 0 spiro atoms. The number of aryl methyl sites for hydroxylation is 1. The zero-order valence-electron chi connectivity index (χ0n) is 14.7. The number of nitrogens with one attached hydrogen (secondary N) is 1. The molecule has 7 heteroatoms. The van der Waals surface area contributed by atoms with Gasteiger partial charge in [-0.25, -0.2) is 9.78 Å². The summed E-state index contributed by atoms with van der Waals surface area (Å²) in [6.45, 7) is 6.76. The van der Waals surface area contributed by atoms with Gasteiger partial charge in [-0.2, -0.15) is 5.10 Å².